The van der Waals surface area contributed by atoms with Crippen LogP contribution in [0.15, 0.2) is 67.4 Å². The van der Waals surface area contributed by atoms with Crippen molar-refractivity contribution in [1.29, 1.82) is 0 Å². The first kappa shape index (κ1) is 24.1. The molecule has 0 saturated heterocycles. The van der Waals surface area contributed by atoms with E-state index in [9.17, 15) is 0 Å². The van der Waals surface area contributed by atoms with Crippen molar-refractivity contribution >= 4 is 0 Å². The molecule has 0 amide bonds. The van der Waals surface area contributed by atoms with Crippen molar-refractivity contribution in [2.24, 2.45) is 0 Å². The van der Waals surface area contributed by atoms with Crippen molar-refractivity contribution < 1.29 is 9.13 Å². The van der Waals surface area contributed by atoms with Crippen molar-refractivity contribution in [2.45, 2.75) is 91.1 Å². The van der Waals surface area contributed by atoms with Crippen LogP contribution in [0.4, 0.5) is 0 Å². The van der Waals surface area contributed by atoms with Gasteiger partial charge < -0.3 is 0 Å². The highest BCUT2D eigenvalue weighted by molar-refractivity contribution is 5.65. The molecule has 0 radical (unpaired) electrons. The molecule has 3 aromatic rings. The summed E-state index contributed by atoms with van der Waals surface area (Å²) in [5, 5.41) is 0. The summed E-state index contributed by atoms with van der Waals surface area (Å²) >= 11 is 0. The van der Waals surface area contributed by atoms with E-state index in [4.69, 9.17) is 4.98 Å². The van der Waals surface area contributed by atoms with Crippen LogP contribution >= 0.6 is 0 Å². The normalized spacial score (nSPS) is 11.1. The van der Waals surface area contributed by atoms with Crippen LogP contribution in [0.1, 0.15) is 78.1 Å². The first-order valence-electron chi connectivity index (χ1n) is 12.7. The number of hydrogen-bond donors (Lipinski definition) is 0. The number of aromatic nitrogens is 3. The molecule has 3 heteroatoms. The van der Waals surface area contributed by atoms with Crippen LogP contribution in [0.25, 0.3) is 22.4 Å². The molecular weight excluding hydrogens is 390 g/mol. The van der Waals surface area contributed by atoms with Gasteiger partial charge >= 0.3 is 0 Å². The summed E-state index contributed by atoms with van der Waals surface area (Å²) in [7, 11) is 0. The largest absolute Gasteiger partial charge is 0.256 e. The molecule has 0 aliphatic rings. The lowest BCUT2D eigenvalue weighted by atomic mass is 10.1. The molecule has 0 spiro atoms. The highest BCUT2D eigenvalue weighted by atomic mass is 14.9. The van der Waals surface area contributed by atoms with Gasteiger partial charge in [0, 0.05) is 54.4 Å². The van der Waals surface area contributed by atoms with Gasteiger partial charge in [-0.05, 0) is 24.5 Å². The molecular formula is C29H41N3+2. The quantitative estimate of drug-likeness (QED) is 0.200. The van der Waals surface area contributed by atoms with Crippen molar-refractivity contribution in [3.8, 4) is 22.4 Å². The topological polar surface area (TPSA) is 20.6 Å². The van der Waals surface area contributed by atoms with E-state index in [1.54, 1.807) is 0 Å². The summed E-state index contributed by atoms with van der Waals surface area (Å²) in [6.45, 7) is 6.73. The monoisotopic (exact) mass is 431 g/mol. The van der Waals surface area contributed by atoms with E-state index >= 15 is 0 Å². The smallest absolute Gasteiger partial charge is 0.169 e. The standard InChI is InChI=1S/C29H41N3/c1-3-5-7-9-11-19-31-21-15-26(16-22-31)28-13-14-29(30-25-28)27-17-23-32(24-18-27)20-12-10-8-6-4-2/h13-18,21-25H,3-12,19-20H2,1-2H3/q+2. The lowest BCUT2D eigenvalue weighted by molar-refractivity contribution is -0.697. The SMILES string of the molecule is CCCCCCC[n+]1ccc(-c2ccc(-c3cc[n+](CCCCCCC)cc3)nc2)cc1. The third-order valence-corrected chi connectivity index (χ3v) is 6.21. The molecule has 32 heavy (non-hydrogen) atoms. The third-order valence-electron chi connectivity index (χ3n) is 6.21. The van der Waals surface area contributed by atoms with Gasteiger partial charge in [0.2, 0.25) is 0 Å². The molecule has 0 N–H and O–H groups in total. The number of nitrogens with zero attached hydrogens (tertiary/aromatic N) is 3. The van der Waals surface area contributed by atoms with Crippen LogP contribution in [-0.2, 0) is 13.1 Å². The Kier molecular flexibility index (Phi) is 10.4. The number of pyridine rings is 3. The molecule has 0 saturated carbocycles. The maximum absolute atomic E-state index is 4.74. The molecule has 3 nitrogen and oxygen atoms in total. The minimum Gasteiger partial charge on any atom is -0.256 e. The van der Waals surface area contributed by atoms with E-state index in [0.29, 0.717) is 0 Å². The number of hydrogen-bond acceptors (Lipinski definition) is 1. The first-order valence-corrected chi connectivity index (χ1v) is 12.7. The second-order valence-electron chi connectivity index (χ2n) is 8.91. The molecule has 0 aliphatic carbocycles. The Morgan fingerprint density at radius 3 is 1.50 bits per heavy atom. The summed E-state index contributed by atoms with van der Waals surface area (Å²) in [5.74, 6) is 0. The zero-order chi connectivity index (χ0) is 22.4. The Morgan fingerprint density at radius 1 is 0.531 bits per heavy atom. The summed E-state index contributed by atoms with van der Waals surface area (Å²) in [5.41, 5.74) is 4.59. The van der Waals surface area contributed by atoms with Gasteiger partial charge in [0.05, 0.1) is 5.69 Å². The van der Waals surface area contributed by atoms with E-state index in [1.165, 1.54) is 80.9 Å². The summed E-state index contributed by atoms with van der Waals surface area (Å²) in [4.78, 5) is 4.74. The van der Waals surface area contributed by atoms with Crippen molar-refractivity contribution in [3.05, 3.63) is 67.4 Å². The second-order valence-corrected chi connectivity index (χ2v) is 8.91. The lowest BCUT2D eigenvalue weighted by Gasteiger charge is -2.04. The Labute approximate surface area is 195 Å². The lowest BCUT2D eigenvalue weighted by Crippen LogP contribution is -2.32. The third kappa shape index (κ3) is 7.85. The van der Waals surface area contributed by atoms with E-state index in [2.05, 4.69) is 84.2 Å². The minimum atomic E-state index is 1.03. The molecule has 0 atom stereocenters. The van der Waals surface area contributed by atoms with Gasteiger partial charge in [0.1, 0.15) is 13.1 Å². The van der Waals surface area contributed by atoms with Crippen LogP contribution in [0.3, 0.4) is 0 Å². The molecule has 0 fully saturated rings. The maximum atomic E-state index is 4.74. The summed E-state index contributed by atoms with van der Waals surface area (Å²) < 4.78 is 4.58. The van der Waals surface area contributed by atoms with E-state index in [1.807, 2.05) is 6.20 Å². The molecule has 0 aliphatic heterocycles. The fourth-order valence-electron chi connectivity index (χ4n) is 4.11. The summed E-state index contributed by atoms with van der Waals surface area (Å²) in [6.07, 6.45) is 23.9. The minimum absolute atomic E-state index is 1.03. The number of unbranched alkanes of at least 4 members (excludes halogenated alkanes) is 8. The van der Waals surface area contributed by atoms with Gasteiger partial charge in [-0.3, -0.25) is 4.98 Å². The predicted molar refractivity (Wildman–Crippen MR) is 133 cm³/mol. The molecule has 0 unspecified atom stereocenters. The van der Waals surface area contributed by atoms with Crippen LogP contribution in [0.5, 0.6) is 0 Å². The average molecular weight is 432 g/mol. The molecule has 0 bridgehead atoms. The predicted octanol–water partition coefficient (Wildman–Crippen LogP) is 6.93. The number of rotatable bonds is 14. The summed E-state index contributed by atoms with van der Waals surface area (Å²) in [6, 6.07) is 13.1. The second kappa shape index (κ2) is 13.8. The van der Waals surface area contributed by atoms with E-state index in [0.717, 1.165) is 18.8 Å². The fourth-order valence-corrected chi connectivity index (χ4v) is 4.11. The molecule has 3 rings (SSSR count). The Bertz CT molecular complexity index is 807. The van der Waals surface area contributed by atoms with Crippen molar-refractivity contribution in [2.75, 3.05) is 0 Å². The van der Waals surface area contributed by atoms with Crippen LogP contribution < -0.4 is 9.13 Å². The van der Waals surface area contributed by atoms with Gasteiger partial charge in [-0.2, -0.15) is 0 Å². The Hall–Kier alpha value is -2.55. The molecule has 0 aromatic carbocycles. The average Bonchev–Trinajstić information content (AvgIpc) is 2.85. The van der Waals surface area contributed by atoms with Gasteiger partial charge in [-0.1, -0.05) is 58.4 Å². The van der Waals surface area contributed by atoms with E-state index < -0.39 is 0 Å². The maximum Gasteiger partial charge on any atom is 0.169 e. The highest BCUT2D eigenvalue weighted by Gasteiger charge is 2.07. The fraction of sp³-hybridized carbons (Fsp3) is 0.483. The Morgan fingerprint density at radius 2 is 1.03 bits per heavy atom. The zero-order valence-corrected chi connectivity index (χ0v) is 20.2. The first-order chi connectivity index (χ1) is 15.8. The van der Waals surface area contributed by atoms with Gasteiger partial charge in [0.25, 0.3) is 0 Å². The van der Waals surface area contributed by atoms with Gasteiger partial charge in [-0.25, -0.2) is 9.13 Å². The zero-order valence-electron chi connectivity index (χ0n) is 20.2. The highest BCUT2D eigenvalue weighted by Crippen LogP contribution is 2.21. The van der Waals surface area contributed by atoms with Crippen molar-refractivity contribution in [3.63, 3.8) is 0 Å². The molecule has 170 valence electrons. The van der Waals surface area contributed by atoms with Gasteiger partial charge in [-0.15, -0.1) is 0 Å². The van der Waals surface area contributed by atoms with Crippen molar-refractivity contribution in [1.82, 2.24) is 4.98 Å². The van der Waals surface area contributed by atoms with Crippen LogP contribution in [0.2, 0.25) is 0 Å². The molecule has 3 heterocycles. The number of aryl methyl sites for hydroxylation is 2. The van der Waals surface area contributed by atoms with Gasteiger partial charge in [0.15, 0.2) is 24.8 Å². The van der Waals surface area contributed by atoms with Crippen LogP contribution in [0, 0.1) is 0 Å². The Balaban J connectivity index is 1.51. The van der Waals surface area contributed by atoms with Crippen LogP contribution in [-0.4, -0.2) is 4.98 Å². The molecule has 3 aromatic heterocycles. The van der Waals surface area contributed by atoms with E-state index in [-0.39, 0.29) is 0 Å².